The van der Waals surface area contributed by atoms with Crippen molar-refractivity contribution in [3.63, 3.8) is 0 Å². The number of carbonyl (C=O) groups is 1. The van der Waals surface area contributed by atoms with Crippen molar-refractivity contribution in [2.75, 3.05) is 0 Å². The Balaban J connectivity index is 2.35. The second-order valence-corrected chi connectivity index (χ2v) is 4.87. The fourth-order valence-corrected chi connectivity index (χ4v) is 2.04. The molecule has 0 aliphatic carbocycles. The van der Waals surface area contributed by atoms with E-state index >= 15 is 0 Å². The Morgan fingerprint density at radius 1 is 1.05 bits per heavy atom. The van der Waals surface area contributed by atoms with Crippen molar-refractivity contribution < 1.29 is 22.7 Å². The van der Waals surface area contributed by atoms with Crippen LogP contribution in [-0.4, -0.2) is 12.1 Å². The Kier molecular flexibility index (Phi) is 4.44. The van der Waals surface area contributed by atoms with Crippen LogP contribution < -0.4 is 4.74 Å². The third kappa shape index (κ3) is 4.12. The SMILES string of the molecule is O=C(c1cccc(OC(F)(F)F)c1)c1cc(Cl)ccc1Cl. The normalized spacial score (nSPS) is 11.3. The predicted octanol–water partition coefficient (Wildman–Crippen LogP) is 5.12. The third-order valence-corrected chi connectivity index (χ3v) is 3.07. The van der Waals surface area contributed by atoms with Crippen LogP contribution in [0.5, 0.6) is 5.75 Å². The van der Waals surface area contributed by atoms with Gasteiger partial charge in [0.25, 0.3) is 0 Å². The molecular weight excluding hydrogens is 328 g/mol. The standard InChI is InChI=1S/C14H7Cl2F3O2/c15-9-4-5-12(16)11(7-9)13(20)8-2-1-3-10(6-8)21-14(17,18)19/h1-7H. The number of ketones is 1. The van der Waals surface area contributed by atoms with Crippen molar-refractivity contribution in [3.8, 4) is 5.75 Å². The zero-order valence-electron chi connectivity index (χ0n) is 10.2. The summed E-state index contributed by atoms with van der Waals surface area (Å²) in [5.74, 6) is -1.03. The molecule has 0 aliphatic heterocycles. The quantitative estimate of drug-likeness (QED) is 0.728. The molecule has 0 fully saturated rings. The summed E-state index contributed by atoms with van der Waals surface area (Å²) in [6, 6.07) is 9.03. The number of halogens is 5. The van der Waals surface area contributed by atoms with E-state index in [1.807, 2.05) is 0 Å². The highest BCUT2D eigenvalue weighted by atomic mass is 35.5. The number of rotatable bonds is 3. The molecule has 2 rings (SSSR count). The molecule has 0 heterocycles. The van der Waals surface area contributed by atoms with Crippen molar-refractivity contribution >= 4 is 29.0 Å². The molecule has 0 unspecified atom stereocenters. The molecule has 21 heavy (non-hydrogen) atoms. The molecule has 0 saturated carbocycles. The van der Waals surface area contributed by atoms with E-state index in [9.17, 15) is 18.0 Å². The summed E-state index contributed by atoms with van der Waals surface area (Å²) >= 11 is 11.7. The van der Waals surface area contributed by atoms with Gasteiger partial charge in [-0.3, -0.25) is 4.79 Å². The predicted molar refractivity (Wildman–Crippen MR) is 73.0 cm³/mol. The maximum Gasteiger partial charge on any atom is 0.573 e. The summed E-state index contributed by atoms with van der Waals surface area (Å²) in [5, 5.41) is 0.456. The monoisotopic (exact) mass is 334 g/mol. The van der Waals surface area contributed by atoms with E-state index in [4.69, 9.17) is 23.2 Å². The van der Waals surface area contributed by atoms with E-state index < -0.39 is 17.9 Å². The molecule has 7 heteroatoms. The van der Waals surface area contributed by atoms with Gasteiger partial charge in [-0.1, -0.05) is 35.3 Å². The number of alkyl halides is 3. The largest absolute Gasteiger partial charge is 0.573 e. The van der Waals surface area contributed by atoms with Crippen LogP contribution in [0.25, 0.3) is 0 Å². The van der Waals surface area contributed by atoms with Gasteiger partial charge in [0, 0.05) is 16.1 Å². The van der Waals surface area contributed by atoms with Gasteiger partial charge in [0.05, 0.1) is 5.02 Å². The van der Waals surface area contributed by atoms with E-state index in [1.165, 1.54) is 30.3 Å². The Morgan fingerprint density at radius 2 is 1.76 bits per heavy atom. The van der Waals surface area contributed by atoms with Crippen LogP contribution in [0.15, 0.2) is 42.5 Å². The molecular formula is C14H7Cl2F3O2. The molecule has 2 aromatic carbocycles. The van der Waals surface area contributed by atoms with Crippen LogP contribution >= 0.6 is 23.2 Å². The van der Waals surface area contributed by atoms with Crippen LogP contribution in [-0.2, 0) is 0 Å². The zero-order chi connectivity index (χ0) is 15.6. The summed E-state index contributed by atoms with van der Waals surface area (Å²) in [6.07, 6.45) is -4.82. The van der Waals surface area contributed by atoms with Gasteiger partial charge in [-0.05, 0) is 30.3 Å². The fourth-order valence-electron chi connectivity index (χ4n) is 1.66. The first kappa shape index (κ1) is 15.7. The van der Waals surface area contributed by atoms with Gasteiger partial charge in [0.1, 0.15) is 5.75 Å². The zero-order valence-corrected chi connectivity index (χ0v) is 11.8. The van der Waals surface area contributed by atoms with Crippen LogP contribution in [0.4, 0.5) is 13.2 Å². The summed E-state index contributed by atoms with van der Waals surface area (Å²) in [5.41, 5.74) is 0.120. The molecule has 2 nitrogen and oxygen atoms in total. The molecule has 0 atom stereocenters. The number of carbonyl (C=O) groups excluding carboxylic acids is 1. The lowest BCUT2D eigenvalue weighted by Crippen LogP contribution is -2.17. The lowest BCUT2D eigenvalue weighted by Gasteiger charge is -2.10. The van der Waals surface area contributed by atoms with Gasteiger partial charge in [0.2, 0.25) is 0 Å². The molecule has 110 valence electrons. The minimum Gasteiger partial charge on any atom is -0.406 e. The second kappa shape index (κ2) is 5.95. The van der Waals surface area contributed by atoms with Gasteiger partial charge in [-0.2, -0.15) is 0 Å². The number of hydrogen-bond acceptors (Lipinski definition) is 2. The van der Waals surface area contributed by atoms with Gasteiger partial charge >= 0.3 is 6.36 Å². The summed E-state index contributed by atoms with van der Waals surface area (Å²) in [4.78, 5) is 12.3. The van der Waals surface area contributed by atoms with Gasteiger partial charge in [0.15, 0.2) is 5.78 Å². The highest BCUT2D eigenvalue weighted by molar-refractivity contribution is 6.36. The molecule has 0 bridgehead atoms. The van der Waals surface area contributed by atoms with Crippen molar-refractivity contribution in [1.29, 1.82) is 0 Å². The average molecular weight is 335 g/mol. The highest BCUT2D eigenvalue weighted by Gasteiger charge is 2.31. The fraction of sp³-hybridized carbons (Fsp3) is 0.0714. The summed E-state index contributed by atoms with van der Waals surface area (Å²) in [7, 11) is 0. The molecule has 0 N–H and O–H groups in total. The van der Waals surface area contributed by atoms with Crippen LogP contribution in [0, 0.1) is 0 Å². The lowest BCUT2D eigenvalue weighted by molar-refractivity contribution is -0.274. The topological polar surface area (TPSA) is 26.3 Å². The smallest absolute Gasteiger partial charge is 0.406 e. The van der Waals surface area contributed by atoms with Crippen molar-refractivity contribution in [2.24, 2.45) is 0 Å². The lowest BCUT2D eigenvalue weighted by atomic mass is 10.0. The first-order chi connectivity index (χ1) is 9.76. The Morgan fingerprint density at radius 3 is 2.43 bits per heavy atom. The molecule has 0 aliphatic rings. The minimum absolute atomic E-state index is 0.0147. The maximum absolute atomic E-state index is 12.3. The van der Waals surface area contributed by atoms with E-state index in [0.717, 1.165) is 12.1 Å². The molecule has 0 saturated heterocycles. The van der Waals surface area contributed by atoms with E-state index in [-0.39, 0.29) is 16.1 Å². The van der Waals surface area contributed by atoms with Crippen LogP contribution in [0.3, 0.4) is 0 Å². The highest BCUT2D eigenvalue weighted by Crippen LogP contribution is 2.27. The third-order valence-electron chi connectivity index (χ3n) is 2.50. The van der Waals surface area contributed by atoms with Crippen molar-refractivity contribution in [3.05, 3.63) is 63.6 Å². The van der Waals surface area contributed by atoms with E-state index in [1.54, 1.807) is 0 Å². The Bertz CT molecular complexity index is 684. The maximum atomic E-state index is 12.3. The Labute approximate surface area is 128 Å². The van der Waals surface area contributed by atoms with Gasteiger partial charge < -0.3 is 4.74 Å². The number of ether oxygens (including phenoxy) is 1. The van der Waals surface area contributed by atoms with Crippen molar-refractivity contribution in [1.82, 2.24) is 0 Å². The van der Waals surface area contributed by atoms with Gasteiger partial charge in [-0.25, -0.2) is 0 Å². The van der Waals surface area contributed by atoms with Crippen LogP contribution in [0.2, 0.25) is 10.0 Å². The van der Waals surface area contributed by atoms with Crippen molar-refractivity contribution in [2.45, 2.75) is 6.36 Å². The summed E-state index contributed by atoms with van der Waals surface area (Å²) < 4.78 is 40.3. The van der Waals surface area contributed by atoms with E-state index in [0.29, 0.717) is 5.02 Å². The van der Waals surface area contributed by atoms with E-state index in [2.05, 4.69) is 4.74 Å². The Hall–Kier alpha value is -1.72. The molecule has 0 amide bonds. The number of hydrogen-bond donors (Lipinski definition) is 0. The average Bonchev–Trinajstić information content (AvgIpc) is 2.39. The minimum atomic E-state index is -4.82. The first-order valence-electron chi connectivity index (χ1n) is 5.62. The number of benzene rings is 2. The summed E-state index contributed by atoms with van der Waals surface area (Å²) in [6.45, 7) is 0. The molecule has 0 radical (unpaired) electrons. The second-order valence-electron chi connectivity index (χ2n) is 4.03. The molecule has 0 aromatic heterocycles. The molecule has 2 aromatic rings. The van der Waals surface area contributed by atoms with Crippen LogP contribution in [0.1, 0.15) is 15.9 Å². The molecule has 0 spiro atoms. The first-order valence-corrected chi connectivity index (χ1v) is 6.37. The van der Waals surface area contributed by atoms with Gasteiger partial charge in [-0.15, -0.1) is 13.2 Å².